The maximum atomic E-state index is 13.0. The maximum absolute atomic E-state index is 13.0. The summed E-state index contributed by atoms with van der Waals surface area (Å²) in [4.78, 5) is 13.3. The Hall–Kier alpha value is -1.84. The van der Waals surface area contributed by atoms with E-state index in [0.717, 1.165) is 0 Å². The van der Waals surface area contributed by atoms with Crippen molar-refractivity contribution in [1.29, 1.82) is 0 Å². The summed E-state index contributed by atoms with van der Waals surface area (Å²) in [5.41, 5.74) is 1.78. The minimum absolute atomic E-state index is 0.190. The number of nitrogens with zero attached hydrogens (tertiary/aromatic N) is 1. The molecule has 1 aliphatic heterocycles. The highest BCUT2D eigenvalue weighted by molar-refractivity contribution is 6.31. The lowest BCUT2D eigenvalue weighted by Crippen LogP contribution is -2.08. The molecule has 1 aromatic rings. The summed E-state index contributed by atoms with van der Waals surface area (Å²) in [5, 5.41) is 2.68. The van der Waals surface area contributed by atoms with Crippen LogP contribution in [0.5, 0.6) is 0 Å². The standard InChI is InChI=1S/C11H11FN2O/c1-14(2)6-9-8-5-7(12)3-4-10(8)13-11(9)15/h3-6H,1-2H3,(H,13,15). The quantitative estimate of drug-likeness (QED) is 0.709. The fourth-order valence-corrected chi connectivity index (χ4v) is 1.55. The first-order chi connectivity index (χ1) is 7.08. The molecular formula is C11H11FN2O. The van der Waals surface area contributed by atoms with E-state index >= 15 is 0 Å². The molecule has 1 heterocycles. The molecule has 1 N–H and O–H groups in total. The van der Waals surface area contributed by atoms with Gasteiger partial charge in [0.05, 0.1) is 5.57 Å². The van der Waals surface area contributed by atoms with Gasteiger partial charge in [-0.2, -0.15) is 0 Å². The fourth-order valence-electron chi connectivity index (χ4n) is 1.55. The Morgan fingerprint density at radius 3 is 2.80 bits per heavy atom. The molecule has 2 rings (SSSR count). The average molecular weight is 206 g/mol. The molecule has 0 saturated heterocycles. The second kappa shape index (κ2) is 3.38. The molecule has 0 radical (unpaired) electrons. The summed E-state index contributed by atoms with van der Waals surface area (Å²) >= 11 is 0. The van der Waals surface area contributed by atoms with Crippen molar-refractivity contribution in [2.24, 2.45) is 0 Å². The number of carbonyl (C=O) groups is 1. The normalized spacial score (nSPS) is 16.5. The molecule has 1 aromatic carbocycles. The molecule has 0 bridgehead atoms. The highest BCUT2D eigenvalue weighted by atomic mass is 19.1. The van der Waals surface area contributed by atoms with Gasteiger partial charge < -0.3 is 10.2 Å². The average Bonchev–Trinajstić information content (AvgIpc) is 2.43. The van der Waals surface area contributed by atoms with E-state index in [1.54, 1.807) is 17.2 Å². The molecule has 0 unspecified atom stereocenters. The highest BCUT2D eigenvalue weighted by Gasteiger charge is 2.24. The third-order valence-corrected chi connectivity index (χ3v) is 2.15. The van der Waals surface area contributed by atoms with Crippen LogP contribution in [0.25, 0.3) is 5.57 Å². The monoisotopic (exact) mass is 206 g/mol. The molecule has 0 spiro atoms. The van der Waals surface area contributed by atoms with E-state index in [0.29, 0.717) is 16.8 Å². The topological polar surface area (TPSA) is 32.3 Å². The van der Waals surface area contributed by atoms with E-state index in [-0.39, 0.29) is 11.7 Å². The lowest BCUT2D eigenvalue weighted by atomic mass is 10.1. The Morgan fingerprint density at radius 2 is 2.13 bits per heavy atom. The predicted molar refractivity (Wildman–Crippen MR) is 56.7 cm³/mol. The third-order valence-electron chi connectivity index (χ3n) is 2.15. The molecule has 3 nitrogen and oxygen atoms in total. The van der Waals surface area contributed by atoms with Crippen molar-refractivity contribution in [3.63, 3.8) is 0 Å². The van der Waals surface area contributed by atoms with Gasteiger partial charge in [0, 0.05) is 31.5 Å². The van der Waals surface area contributed by atoms with E-state index in [9.17, 15) is 9.18 Å². The minimum atomic E-state index is -0.338. The van der Waals surface area contributed by atoms with Crippen molar-refractivity contribution >= 4 is 17.2 Å². The number of carbonyl (C=O) groups excluding carboxylic acids is 1. The number of hydrogen-bond acceptors (Lipinski definition) is 2. The number of fused-ring (bicyclic) bond motifs is 1. The predicted octanol–water partition coefficient (Wildman–Crippen LogP) is 1.68. The number of anilines is 1. The van der Waals surface area contributed by atoms with E-state index in [4.69, 9.17) is 0 Å². The third kappa shape index (κ3) is 1.70. The van der Waals surface area contributed by atoms with Gasteiger partial charge in [0.25, 0.3) is 5.91 Å². The summed E-state index contributed by atoms with van der Waals surface area (Å²) in [5.74, 6) is -0.529. The van der Waals surface area contributed by atoms with Crippen molar-refractivity contribution in [2.45, 2.75) is 0 Å². The molecule has 1 amide bonds. The van der Waals surface area contributed by atoms with Gasteiger partial charge in [0.1, 0.15) is 5.82 Å². The second-order valence-electron chi connectivity index (χ2n) is 3.65. The first-order valence-corrected chi connectivity index (χ1v) is 4.57. The SMILES string of the molecule is CN(C)C=C1C(=O)Nc2ccc(F)cc21. The number of benzene rings is 1. The van der Waals surface area contributed by atoms with Crippen LogP contribution < -0.4 is 5.32 Å². The number of hydrogen-bond donors (Lipinski definition) is 1. The summed E-state index contributed by atoms with van der Waals surface area (Å²) in [6, 6.07) is 4.26. The summed E-state index contributed by atoms with van der Waals surface area (Å²) < 4.78 is 13.0. The molecule has 0 atom stereocenters. The van der Waals surface area contributed by atoms with Crippen molar-refractivity contribution < 1.29 is 9.18 Å². The van der Waals surface area contributed by atoms with E-state index < -0.39 is 0 Å². The van der Waals surface area contributed by atoms with Crippen LogP contribution in [0.15, 0.2) is 24.4 Å². The lowest BCUT2D eigenvalue weighted by molar-refractivity contribution is -0.110. The Kier molecular flexibility index (Phi) is 2.19. The van der Waals surface area contributed by atoms with E-state index in [2.05, 4.69) is 5.32 Å². The zero-order valence-corrected chi connectivity index (χ0v) is 8.54. The van der Waals surface area contributed by atoms with Crippen molar-refractivity contribution in [3.8, 4) is 0 Å². The summed E-state index contributed by atoms with van der Waals surface area (Å²) in [7, 11) is 3.63. The van der Waals surface area contributed by atoms with Crippen molar-refractivity contribution in [2.75, 3.05) is 19.4 Å². The summed E-state index contributed by atoms with van der Waals surface area (Å²) in [6.07, 6.45) is 1.68. The lowest BCUT2D eigenvalue weighted by Gasteiger charge is -2.06. The largest absolute Gasteiger partial charge is 0.383 e. The number of rotatable bonds is 1. The van der Waals surface area contributed by atoms with Crippen LogP contribution in [0.2, 0.25) is 0 Å². The molecular weight excluding hydrogens is 195 g/mol. The molecule has 0 fully saturated rings. The van der Waals surface area contributed by atoms with Gasteiger partial charge in [-0.05, 0) is 18.2 Å². The second-order valence-corrected chi connectivity index (χ2v) is 3.65. The van der Waals surface area contributed by atoms with Crippen LogP contribution in [0.4, 0.5) is 10.1 Å². The Bertz CT molecular complexity index is 452. The maximum Gasteiger partial charge on any atom is 0.257 e. The van der Waals surface area contributed by atoms with Gasteiger partial charge in [-0.1, -0.05) is 0 Å². The smallest absolute Gasteiger partial charge is 0.257 e. The van der Waals surface area contributed by atoms with Crippen molar-refractivity contribution in [3.05, 3.63) is 35.8 Å². The zero-order chi connectivity index (χ0) is 11.0. The van der Waals surface area contributed by atoms with Gasteiger partial charge in [0.15, 0.2) is 0 Å². The summed E-state index contributed by atoms with van der Waals surface area (Å²) in [6.45, 7) is 0. The molecule has 78 valence electrons. The fraction of sp³-hybridized carbons (Fsp3) is 0.182. The van der Waals surface area contributed by atoms with Gasteiger partial charge in [-0.25, -0.2) is 4.39 Å². The number of nitrogens with one attached hydrogen (secondary N) is 1. The molecule has 1 aliphatic rings. The molecule has 4 heteroatoms. The zero-order valence-electron chi connectivity index (χ0n) is 8.54. The Morgan fingerprint density at radius 1 is 1.40 bits per heavy atom. The van der Waals surface area contributed by atoms with Crippen LogP contribution in [-0.2, 0) is 4.79 Å². The first-order valence-electron chi connectivity index (χ1n) is 4.57. The molecule has 0 saturated carbocycles. The number of halogens is 1. The molecule has 15 heavy (non-hydrogen) atoms. The van der Waals surface area contributed by atoms with Crippen molar-refractivity contribution in [1.82, 2.24) is 4.90 Å². The van der Waals surface area contributed by atoms with Gasteiger partial charge >= 0.3 is 0 Å². The van der Waals surface area contributed by atoms with Crippen LogP contribution in [-0.4, -0.2) is 24.9 Å². The van der Waals surface area contributed by atoms with Crippen LogP contribution in [0.1, 0.15) is 5.56 Å². The van der Waals surface area contributed by atoms with Crippen LogP contribution >= 0.6 is 0 Å². The van der Waals surface area contributed by atoms with E-state index in [1.807, 2.05) is 14.1 Å². The minimum Gasteiger partial charge on any atom is -0.383 e. The highest BCUT2D eigenvalue weighted by Crippen LogP contribution is 2.31. The molecule has 0 aliphatic carbocycles. The van der Waals surface area contributed by atoms with Gasteiger partial charge in [-0.15, -0.1) is 0 Å². The number of amides is 1. The van der Waals surface area contributed by atoms with Crippen LogP contribution in [0.3, 0.4) is 0 Å². The van der Waals surface area contributed by atoms with Crippen LogP contribution in [0, 0.1) is 5.82 Å². The van der Waals surface area contributed by atoms with E-state index in [1.165, 1.54) is 12.1 Å². The molecule has 0 aromatic heterocycles. The first kappa shape index (κ1) is 9.71. The van der Waals surface area contributed by atoms with Gasteiger partial charge in [-0.3, -0.25) is 4.79 Å². The Labute approximate surface area is 87.2 Å². The Balaban J connectivity index is 2.53. The van der Waals surface area contributed by atoms with Gasteiger partial charge in [0.2, 0.25) is 0 Å².